The summed E-state index contributed by atoms with van der Waals surface area (Å²) in [5.41, 5.74) is -0.0592. The molecule has 2 aromatic heterocycles. The van der Waals surface area contributed by atoms with E-state index in [0.29, 0.717) is 20.8 Å². The van der Waals surface area contributed by atoms with Gasteiger partial charge in [-0.1, -0.05) is 11.8 Å². The summed E-state index contributed by atoms with van der Waals surface area (Å²) < 4.78 is 0. The van der Waals surface area contributed by atoms with Crippen molar-refractivity contribution in [3.63, 3.8) is 0 Å². The lowest BCUT2D eigenvalue weighted by Crippen LogP contribution is -2.71. The van der Waals surface area contributed by atoms with E-state index in [4.69, 9.17) is 0 Å². The van der Waals surface area contributed by atoms with E-state index in [9.17, 15) is 19.5 Å². The highest BCUT2D eigenvalue weighted by molar-refractivity contribution is 8.06. The summed E-state index contributed by atoms with van der Waals surface area (Å²) >= 11 is 3.93. The number of hydrogen-bond acceptors (Lipinski definition) is 8. The molecule has 12 heteroatoms. The molecule has 2 aliphatic heterocycles. The molecule has 4 heterocycles. The minimum atomic E-state index is -1.18. The van der Waals surface area contributed by atoms with E-state index < -0.39 is 23.3 Å². The molecule has 0 spiro atoms. The van der Waals surface area contributed by atoms with Gasteiger partial charge in [0.15, 0.2) is 5.16 Å². The number of H-pyrrole nitrogens is 1. The number of aliphatic carboxylic acids is 1. The van der Waals surface area contributed by atoms with Crippen molar-refractivity contribution in [3.05, 3.63) is 34.4 Å². The van der Waals surface area contributed by atoms with Crippen LogP contribution in [0.2, 0.25) is 0 Å². The number of rotatable bonds is 5. The van der Waals surface area contributed by atoms with Crippen LogP contribution in [0.3, 0.4) is 0 Å². The highest BCUT2D eigenvalue weighted by Crippen LogP contribution is 2.47. The summed E-state index contributed by atoms with van der Waals surface area (Å²) in [5.74, 6) is -1.43. The lowest BCUT2D eigenvalue weighted by atomic mass is 10.0. The van der Waals surface area contributed by atoms with Crippen molar-refractivity contribution in [2.24, 2.45) is 0 Å². The van der Waals surface area contributed by atoms with Crippen molar-refractivity contribution in [2.75, 3.05) is 10.7 Å². The van der Waals surface area contributed by atoms with Crippen LogP contribution in [0.1, 0.15) is 6.92 Å². The summed E-state index contributed by atoms with van der Waals surface area (Å²) in [6.45, 7) is 1.41. The molecule has 2 N–H and O–H groups in total. The summed E-state index contributed by atoms with van der Waals surface area (Å²) in [4.78, 5) is 43.0. The fraction of sp³-hybridized carbons (Fsp3) is 0.267. The van der Waals surface area contributed by atoms with Gasteiger partial charge in [0.2, 0.25) is 5.91 Å². The molecule has 4 rings (SSSR count). The summed E-state index contributed by atoms with van der Waals surface area (Å²) in [7, 11) is 0. The molecule has 2 amide bonds. The monoisotopic (exact) mass is 423 g/mol. The average Bonchev–Trinajstić information content (AvgIpc) is 3.32. The third-order valence-corrected chi connectivity index (χ3v) is 7.38. The van der Waals surface area contributed by atoms with Crippen LogP contribution >= 0.6 is 34.9 Å². The highest BCUT2D eigenvalue weighted by Gasteiger charge is 2.57. The van der Waals surface area contributed by atoms with Gasteiger partial charge >= 0.3 is 5.97 Å². The number of carbonyl (C=O) groups is 3. The molecule has 1 saturated heterocycles. The lowest BCUT2D eigenvalue weighted by Gasteiger charge is -2.52. The fourth-order valence-electron chi connectivity index (χ4n) is 3.01. The maximum Gasteiger partial charge on any atom is 0.353 e. The Morgan fingerprint density at radius 3 is 2.89 bits per heavy atom. The second kappa shape index (κ2) is 7.02. The predicted octanol–water partition coefficient (Wildman–Crippen LogP) is 1.59. The zero-order valence-electron chi connectivity index (χ0n) is 13.9. The van der Waals surface area contributed by atoms with Crippen molar-refractivity contribution in [1.29, 1.82) is 0 Å². The standard InChI is InChI=1S/C15H13N5O4S3/c1-7(21)19(9-3-2-4-25-9)11-12(22)20-10(14(23)24)8(5-26-13(11)20)27-15-16-6-17-18-15/h2-4,6,11,13H,5H2,1H3,(H,23,24)(H,16,17,18)/t11-,13+/m1/s1. The normalized spacial score (nSPS) is 21.7. The summed E-state index contributed by atoms with van der Waals surface area (Å²) in [6, 6.07) is 2.87. The Bertz CT molecular complexity index is 927. The van der Waals surface area contributed by atoms with Crippen LogP contribution in [0.25, 0.3) is 0 Å². The number of nitrogens with zero attached hydrogens (tertiary/aromatic N) is 4. The average molecular weight is 424 g/mol. The van der Waals surface area contributed by atoms with Gasteiger partial charge in [-0.3, -0.25) is 19.4 Å². The minimum absolute atomic E-state index is 0.0592. The molecular weight excluding hydrogens is 410 g/mol. The first kappa shape index (κ1) is 18.1. The number of β-lactam (4-membered cyclic amide) rings is 1. The number of amides is 2. The maximum absolute atomic E-state index is 12.9. The molecule has 0 aromatic carbocycles. The predicted molar refractivity (Wildman–Crippen MR) is 101 cm³/mol. The number of aromatic amines is 1. The molecule has 140 valence electrons. The van der Waals surface area contributed by atoms with Crippen molar-refractivity contribution in [1.82, 2.24) is 20.1 Å². The molecule has 0 radical (unpaired) electrons. The molecule has 0 unspecified atom stereocenters. The molecule has 0 saturated carbocycles. The van der Waals surface area contributed by atoms with E-state index in [1.807, 2.05) is 5.38 Å². The van der Waals surface area contributed by atoms with Crippen LogP contribution < -0.4 is 4.90 Å². The van der Waals surface area contributed by atoms with Gasteiger partial charge in [0.1, 0.15) is 23.4 Å². The highest BCUT2D eigenvalue weighted by atomic mass is 32.2. The number of thioether (sulfide) groups is 2. The molecule has 2 aromatic rings. The summed E-state index contributed by atoms with van der Waals surface area (Å²) in [5, 5.41) is 19.7. The van der Waals surface area contributed by atoms with Gasteiger partial charge in [0.25, 0.3) is 5.91 Å². The summed E-state index contributed by atoms with van der Waals surface area (Å²) in [6.07, 6.45) is 1.40. The van der Waals surface area contributed by atoms with Crippen LogP contribution in [0.5, 0.6) is 0 Å². The van der Waals surface area contributed by atoms with Crippen molar-refractivity contribution in [2.45, 2.75) is 23.5 Å². The van der Waals surface area contributed by atoms with Crippen molar-refractivity contribution < 1.29 is 19.5 Å². The van der Waals surface area contributed by atoms with Gasteiger partial charge < -0.3 is 10.1 Å². The van der Waals surface area contributed by atoms with Crippen LogP contribution in [-0.4, -0.2) is 60.1 Å². The van der Waals surface area contributed by atoms with Gasteiger partial charge in [-0.05, 0) is 17.5 Å². The molecule has 27 heavy (non-hydrogen) atoms. The molecule has 2 aliphatic rings. The van der Waals surface area contributed by atoms with Crippen LogP contribution in [0, 0.1) is 0 Å². The number of aromatic nitrogens is 3. The van der Waals surface area contributed by atoms with E-state index in [1.54, 1.807) is 12.1 Å². The molecule has 0 aliphatic carbocycles. The van der Waals surface area contributed by atoms with Crippen LogP contribution in [0.4, 0.5) is 5.00 Å². The number of fused-ring (bicyclic) bond motifs is 1. The van der Waals surface area contributed by atoms with Gasteiger partial charge in [-0.2, -0.15) is 0 Å². The second-order valence-corrected chi connectivity index (χ2v) is 8.78. The first-order valence-corrected chi connectivity index (χ1v) is 10.5. The Labute approximate surface area is 165 Å². The number of thiophene rings is 1. The van der Waals surface area contributed by atoms with E-state index in [0.717, 1.165) is 11.8 Å². The van der Waals surface area contributed by atoms with E-state index in [2.05, 4.69) is 15.2 Å². The molecular formula is C15H13N5O4S3. The zero-order valence-corrected chi connectivity index (χ0v) is 16.3. The van der Waals surface area contributed by atoms with Gasteiger partial charge in [-0.25, -0.2) is 4.79 Å². The van der Waals surface area contributed by atoms with Gasteiger partial charge in [0.05, 0.1) is 5.00 Å². The Morgan fingerprint density at radius 1 is 1.48 bits per heavy atom. The minimum Gasteiger partial charge on any atom is -0.477 e. The van der Waals surface area contributed by atoms with Crippen LogP contribution in [0.15, 0.2) is 39.6 Å². The van der Waals surface area contributed by atoms with E-state index >= 15 is 0 Å². The van der Waals surface area contributed by atoms with E-state index in [-0.39, 0.29) is 11.6 Å². The molecule has 2 atom stereocenters. The largest absolute Gasteiger partial charge is 0.477 e. The number of carboxylic acid groups (broad SMARTS) is 1. The number of hydrogen-bond donors (Lipinski definition) is 2. The Hall–Kier alpha value is -2.31. The molecule has 1 fully saturated rings. The first-order chi connectivity index (χ1) is 13.0. The lowest BCUT2D eigenvalue weighted by molar-refractivity contribution is -0.148. The maximum atomic E-state index is 12.9. The third kappa shape index (κ3) is 3.03. The smallest absolute Gasteiger partial charge is 0.353 e. The van der Waals surface area contributed by atoms with Gasteiger partial charge in [-0.15, -0.1) is 33.3 Å². The number of carbonyl (C=O) groups excluding carboxylic acids is 2. The molecule has 0 bridgehead atoms. The SMILES string of the molecule is CC(=O)N(c1cccs1)[C@@H]1C(=O)N2C(C(=O)O)=C(Sc3nnc[nH]3)CS[C@@H]12. The number of anilines is 1. The molecule has 9 nitrogen and oxygen atoms in total. The Balaban J connectivity index is 1.66. The van der Waals surface area contributed by atoms with Crippen molar-refractivity contribution in [3.8, 4) is 0 Å². The Morgan fingerprint density at radius 2 is 2.30 bits per heavy atom. The number of carboxylic acids is 1. The topological polar surface area (TPSA) is 119 Å². The zero-order chi connectivity index (χ0) is 19.1. The van der Waals surface area contributed by atoms with Crippen molar-refractivity contribution >= 4 is 57.6 Å². The fourth-order valence-corrected chi connectivity index (χ4v) is 6.21. The first-order valence-electron chi connectivity index (χ1n) is 7.77. The van der Waals surface area contributed by atoms with E-state index in [1.165, 1.54) is 46.1 Å². The number of nitrogens with one attached hydrogen (secondary N) is 1. The van der Waals surface area contributed by atoms with Crippen LogP contribution in [-0.2, 0) is 14.4 Å². The quantitative estimate of drug-likeness (QED) is 0.696. The second-order valence-electron chi connectivity index (χ2n) is 5.67. The van der Waals surface area contributed by atoms with Gasteiger partial charge in [0, 0.05) is 17.6 Å². The third-order valence-electron chi connectivity index (χ3n) is 4.08. The Kier molecular flexibility index (Phi) is 4.70.